The lowest BCUT2D eigenvalue weighted by atomic mass is 10.3. The van der Waals surface area contributed by atoms with E-state index in [1.807, 2.05) is 24.3 Å². The first-order valence-corrected chi connectivity index (χ1v) is 6.42. The quantitative estimate of drug-likeness (QED) is 0.708. The van der Waals surface area contributed by atoms with Crippen LogP contribution in [0, 0.1) is 15.2 Å². The van der Waals surface area contributed by atoms with Crippen LogP contribution in [0.5, 0.6) is 0 Å². The van der Waals surface area contributed by atoms with Gasteiger partial charge in [-0.15, -0.1) is 0 Å². The van der Waals surface area contributed by atoms with E-state index in [-0.39, 0.29) is 0 Å². The third kappa shape index (κ3) is 3.18. The van der Waals surface area contributed by atoms with Gasteiger partial charge in [0.15, 0.2) is 0 Å². The molecule has 2 rings (SSSR count). The molecular formula is C12H7F2IS. The first-order valence-electron chi connectivity index (χ1n) is 4.53. The van der Waals surface area contributed by atoms with Gasteiger partial charge in [-0.1, -0.05) is 11.8 Å². The molecule has 2 aromatic rings. The number of hydrogen-bond acceptors (Lipinski definition) is 1. The molecule has 16 heavy (non-hydrogen) atoms. The molecular weight excluding hydrogens is 341 g/mol. The maximum atomic E-state index is 12.9. The van der Waals surface area contributed by atoms with Crippen molar-refractivity contribution in [2.75, 3.05) is 0 Å². The highest BCUT2D eigenvalue weighted by atomic mass is 127. The second-order valence-corrected chi connectivity index (χ2v) is 5.55. The summed E-state index contributed by atoms with van der Waals surface area (Å²) in [5, 5.41) is 0. The summed E-state index contributed by atoms with van der Waals surface area (Å²) in [4.78, 5) is 1.53. The molecule has 2 aromatic carbocycles. The minimum atomic E-state index is -0.548. The number of hydrogen-bond donors (Lipinski definition) is 0. The van der Waals surface area contributed by atoms with Crippen molar-refractivity contribution in [1.29, 1.82) is 0 Å². The molecule has 0 aliphatic heterocycles. The summed E-state index contributed by atoms with van der Waals surface area (Å²) < 4.78 is 27.0. The summed E-state index contributed by atoms with van der Waals surface area (Å²) in [5.74, 6) is -1.10. The fourth-order valence-electron chi connectivity index (χ4n) is 1.23. The number of halogens is 3. The van der Waals surface area contributed by atoms with E-state index in [2.05, 4.69) is 22.6 Å². The van der Waals surface area contributed by atoms with E-state index in [0.717, 1.165) is 14.5 Å². The van der Waals surface area contributed by atoms with Crippen LogP contribution >= 0.6 is 34.4 Å². The van der Waals surface area contributed by atoms with Gasteiger partial charge in [0.2, 0.25) is 0 Å². The van der Waals surface area contributed by atoms with Crippen LogP contribution < -0.4 is 0 Å². The predicted molar refractivity (Wildman–Crippen MR) is 69.6 cm³/mol. The van der Waals surface area contributed by atoms with Crippen molar-refractivity contribution >= 4 is 34.4 Å². The highest BCUT2D eigenvalue weighted by Gasteiger charge is 2.02. The minimum absolute atomic E-state index is 0.548. The van der Waals surface area contributed by atoms with Crippen molar-refractivity contribution in [2.24, 2.45) is 0 Å². The topological polar surface area (TPSA) is 0 Å². The molecule has 0 radical (unpaired) electrons. The Morgan fingerprint density at radius 2 is 1.38 bits per heavy atom. The monoisotopic (exact) mass is 348 g/mol. The zero-order valence-electron chi connectivity index (χ0n) is 8.08. The lowest BCUT2D eigenvalue weighted by molar-refractivity contribution is 0.577. The van der Waals surface area contributed by atoms with E-state index in [9.17, 15) is 8.78 Å². The summed E-state index contributed by atoms with van der Waals surface area (Å²) in [7, 11) is 0. The lowest BCUT2D eigenvalue weighted by Gasteiger charge is -2.02. The van der Waals surface area contributed by atoms with Gasteiger partial charge in [-0.3, -0.25) is 0 Å². The van der Waals surface area contributed by atoms with Gasteiger partial charge in [0.1, 0.15) is 11.6 Å². The van der Waals surface area contributed by atoms with E-state index in [0.29, 0.717) is 4.90 Å². The SMILES string of the molecule is Fc1cc(F)cc(Sc2ccc(I)cc2)c1. The van der Waals surface area contributed by atoms with Crippen molar-refractivity contribution < 1.29 is 8.78 Å². The molecule has 0 atom stereocenters. The van der Waals surface area contributed by atoms with Crippen LogP contribution in [-0.2, 0) is 0 Å². The number of benzene rings is 2. The van der Waals surface area contributed by atoms with Gasteiger partial charge >= 0.3 is 0 Å². The van der Waals surface area contributed by atoms with Gasteiger partial charge in [-0.25, -0.2) is 8.78 Å². The molecule has 0 aliphatic rings. The molecule has 0 aromatic heterocycles. The molecule has 82 valence electrons. The van der Waals surface area contributed by atoms with E-state index < -0.39 is 11.6 Å². The molecule has 4 heteroatoms. The first kappa shape index (κ1) is 11.9. The Kier molecular flexibility index (Phi) is 3.81. The molecule has 0 saturated heterocycles. The third-order valence-electron chi connectivity index (χ3n) is 1.89. The van der Waals surface area contributed by atoms with Crippen molar-refractivity contribution in [1.82, 2.24) is 0 Å². The standard InChI is InChI=1S/C12H7F2IS/c13-8-5-9(14)7-12(6-8)16-11-3-1-10(15)2-4-11/h1-7H. The van der Waals surface area contributed by atoms with E-state index in [1.54, 1.807) is 0 Å². The molecule has 0 aliphatic carbocycles. The average molecular weight is 348 g/mol. The maximum Gasteiger partial charge on any atom is 0.127 e. The van der Waals surface area contributed by atoms with Crippen LogP contribution in [0.2, 0.25) is 0 Å². The molecule has 0 saturated carbocycles. The highest BCUT2D eigenvalue weighted by Crippen LogP contribution is 2.29. The molecule has 0 fully saturated rings. The van der Waals surface area contributed by atoms with Crippen molar-refractivity contribution in [2.45, 2.75) is 9.79 Å². The maximum absolute atomic E-state index is 12.9. The van der Waals surface area contributed by atoms with Crippen LogP contribution in [0.25, 0.3) is 0 Å². The Bertz CT molecular complexity index is 477. The van der Waals surface area contributed by atoms with Gasteiger partial charge in [0, 0.05) is 19.4 Å². The Morgan fingerprint density at radius 1 is 0.812 bits per heavy atom. The predicted octanol–water partition coefficient (Wildman–Crippen LogP) is 4.72. The molecule has 0 nitrogen and oxygen atoms in total. The van der Waals surface area contributed by atoms with Crippen molar-refractivity contribution in [3.05, 3.63) is 57.7 Å². The Labute approximate surface area is 110 Å². The van der Waals surface area contributed by atoms with Crippen LogP contribution in [0.3, 0.4) is 0 Å². The summed E-state index contributed by atoms with van der Waals surface area (Å²) in [6.07, 6.45) is 0. The zero-order chi connectivity index (χ0) is 11.5. The van der Waals surface area contributed by atoms with Gasteiger partial charge in [-0.2, -0.15) is 0 Å². The van der Waals surface area contributed by atoms with Gasteiger partial charge in [-0.05, 0) is 59.0 Å². The number of rotatable bonds is 2. The Balaban J connectivity index is 2.23. The fourth-order valence-corrected chi connectivity index (χ4v) is 2.47. The van der Waals surface area contributed by atoms with E-state index in [4.69, 9.17) is 0 Å². The smallest absolute Gasteiger partial charge is 0.127 e. The van der Waals surface area contributed by atoms with Gasteiger partial charge in [0.25, 0.3) is 0 Å². The average Bonchev–Trinajstić information content (AvgIpc) is 2.20. The van der Waals surface area contributed by atoms with Crippen molar-refractivity contribution in [3.8, 4) is 0 Å². The van der Waals surface area contributed by atoms with E-state index >= 15 is 0 Å². The van der Waals surface area contributed by atoms with Crippen molar-refractivity contribution in [3.63, 3.8) is 0 Å². The highest BCUT2D eigenvalue weighted by molar-refractivity contribution is 14.1. The summed E-state index contributed by atoms with van der Waals surface area (Å²) in [5.41, 5.74) is 0. The molecule has 0 amide bonds. The lowest BCUT2D eigenvalue weighted by Crippen LogP contribution is -1.81. The van der Waals surface area contributed by atoms with Crippen LogP contribution in [-0.4, -0.2) is 0 Å². The van der Waals surface area contributed by atoms with E-state index in [1.165, 1.54) is 23.9 Å². The Morgan fingerprint density at radius 3 is 1.94 bits per heavy atom. The zero-order valence-corrected chi connectivity index (χ0v) is 11.1. The second kappa shape index (κ2) is 5.14. The third-order valence-corrected chi connectivity index (χ3v) is 3.58. The molecule has 0 unspecified atom stereocenters. The molecule has 0 heterocycles. The summed E-state index contributed by atoms with van der Waals surface area (Å²) in [6.45, 7) is 0. The molecule has 0 N–H and O–H groups in total. The van der Waals surface area contributed by atoms with Gasteiger partial charge < -0.3 is 0 Å². The summed E-state index contributed by atoms with van der Waals surface area (Å²) >= 11 is 3.55. The van der Waals surface area contributed by atoms with Crippen LogP contribution in [0.4, 0.5) is 8.78 Å². The van der Waals surface area contributed by atoms with Crippen LogP contribution in [0.15, 0.2) is 52.3 Å². The largest absolute Gasteiger partial charge is 0.207 e. The molecule has 0 spiro atoms. The first-order chi connectivity index (χ1) is 7.63. The molecule has 0 bridgehead atoms. The van der Waals surface area contributed by atoms with Gasteiger partial charge in [0.05, 0.1) is 0 Å². The minimum Gasteiger partial charge on any atom is -0.207 e. The second-order valence-electron chi connectivity index (χ2n) is 3.16. The van der Waals surface area contributed by atoms with Crippen LogP contribution in [0.1, 0.15) is 0 Å². The fraction of sp³-hybridized carbons (Fsp3) is 0. The summed E-state index contributed by atoms with van der Waals surface area (Å²) in [6, 6.07) is 11.3. The normalized spacial score (nSPS) is 10.4. The Hall–Kier alpha value is -0.620.